The van der Waals surface area contributed by atoms with Gasteiger partial charge in [-0.15, -0.1) is 22.7 Å². The maximum Gasteiger partial charge on any atom is 0.0540 e. The summed E-state index contributed by atoms with van der Waals surface area (Å²) in [7, 11) is 0. The minimum Gasteiger partial charge on any atom is -0.310 e. The smallest absolute Gasteiger partial charge is 0.0540 e. The van der Waals surface area contributed by atoms with Crippen LogP contribution in [0.5, 0.6) is 0 Å². The van der Waals surface area contributed by atoms with Gasteiger partial charge < -0.3 is 9.80 Å². The lowest BCUT2D eigenvalue weighted by Gasteiger charge is -2.30. The second-order valence-electron chi connectivity index (χ2n) is 18.2. The summed E-state index contributed by atoms with van der Waals surface area (Å²) < 4.78 is 5.39. The molecule has 0 bridgehead atoms. The Kier molecular flexibility index (Phi) is 9.75. The fraction of sp³-hybridized carbons (Fsp3) is 0.0303. The minimum atomic E-state index is 1.01. The van der Waals surface area contributed by atoms with Crippen molar-refractivity contribution in [2.75, 3.05) is 9.80 Å². The molecule has 0 radical (unpaired) electrons. The molecule has 4 heteroatoms. The van der Waals surface area contributed by atoms with Crippen molar-refractivity contribution in [3.8, 4) is 22.3 Å². The minimum absolute atomic E-state index is 1.01. The third-order valence-corrected chi connectivity index (χ3v) is 16.8. The van der Waals surface area contributed by atoms with Gasteiger partial charge in [0.15, 0.2) is 0 Å². The van der Waals surface area contributed by atoms with Gasteiger partial charge in [-0.25, -0.2) is 0 Å². The first-order valence-corrected chi connectivity index (χ1v) is 25.8. The Balaban J connectivity index is 0.907. The molecule has 0 fully saturated rings. The van der Waals surface area contributed by atoms with E-state index >= 15 is 0 Å². The van der Waals surface area contributed by atoms with Gasteiger partial charge in [0.2, 0.25) is 0 Å². The first-order valence-electron chi connectivity index (χ1n) is 24.1. The highest BCUT2D eigenvalue weighted by Gasteiger charge is 2.24. The van der Waals surface area contributed by atoms with Gasteiger partial charge in [0.25, 0.3) is 0 Å². The van der Waals surface area contributed by atoms with Crippen LogP contribution in [0.25, 0.3) is 90.2 Å². The highest BCUT2D eigenvalue weighted by atomic mass is 32.1. The molecule has 14 rings (SSSR count). The standard InChI is InChI=1S/C66H44N2S2/c1-5-19-45(20-6-1)67(46-21-7-2-8-22-46)59-39-37-49(51-27-13-15-29-53(51)59)43-33-35-57-61(41-43)69-65-63(57)55-31-17-18-32-56(55)64-58-36-34-44(42-62(58)70-66(64)65)50-38-40-60(54-30-16-14-28-52(50)54)68(47-23-9-3-10-24-47)48-25-11-4-12-26-48/h1-13,15-27,29-42H,14,28H2. The van der Waals surface area contributed by atoms with Gasteiger partial charge in [0.1, 0.15) is 0 Å². The lowest BCUT2D eigenvalue weighted by molar-refractivity contribution is 0.986. The Morgan fingerprint density at radius 2 is 0.771 bits per heavy atom. The maximum absolute atomic E-state index is 2.47. The molecule has 2 aromatic heterocycles. The summed E-state index contributed by atoms with van der Waals surface area (Å²) in [4.78, 5) is 4.78. The van der Waals surface area contributed by atoms with Crippen molar-refractivity contribution >= 4 is 125 Å². The highest BCUT2D eigenvalue weighted by molar-refractivity contribution is 7.33. The van der Waals surface area contributed by atoms with E-state index in [9.17, 15) is 0 Å². The van der Waals surface area contributed by atoms with Gasteiger partial charge in [-0.1, -0.05) is 170 Å². The molecule has 0 spiro atoms. The zero-order valence-corrected chi connectivity index (χ0v) is 39.9. The molecular formula is C66H44N2S2. The predicted molar refractivity (Wildman–Crippen MR) is 305 cm³/mol. The summed E-state index contributed by atoms with van der Waals surface area (Å²) in [6.07, 6.45) is 6.73. The summed E-state index contributed by atoms with van der Waals surface area (Å²) in [6, 6.07) is 84.7. The molecule has 70 heavy (non-hydrogen) atoms. The van der Waals surface area contributed by atoms with Crippen LogP contribution in [0.1, 0.15) is 17.5 Å². The van der Waals surface area contributed by atoms with Crippen molar-refractivity contribution in [1.82, 2.24) is 0 Å². The summed E-state index contributed by atoms with van der Waals surface area (Å²) in [5.41, 5.74) is 14.7. The predicted octanol–water partition coefficient (Wildman–Crippen LogP) is 20.0. The zero-order valence-electron chi connectivity index (χ0n) is 38.2. The van der Waals surface area contributed by atoms with Crippen LogP contribution in [0, 0.1) is 0 Å². The molecular weight excluding hydrogens is 885 g/mol. The van der Waals surface area contributed by atoms with E-state index in [0.29, 0.717) is 0 Å². The number of benzene rings is 11. The summed E-state index contributed by atoms with van der Waals surface area (Å²) in [5.74, 6) is 0. The Hall–Kier alpha value is -8.28. The summed E-state index contributed by atoms with van der Waals surface area (Å²) >= 11 is 3.90. The number of fused-ring (bicyclic) bond motifs is 12. The number of allylic oxidation sites excluding steroid dienone is 1. The van der Waals surface area contributed by atoms with E-state index < -0.39 is 0 Å². The van der Waals surface area contributed by atoms with Gasteiger partial charge in [0.05, 0.1) is 20.8 Å². The largest absolute Gasteiger partial charge is 0.310 e. The molecule has 11 aromatic carbocycles. The number of hydrogen-bond donors (Lipinski definition) is 0. The zero-order chi connectivity index (χ0) is 46.1. The molecule has 13 aromatic rings. The lowest BCUT2D eigenvalue weighted by Crippen LogP contribution is -2.13. The average molecular weight is 929 g/mol. The molecule has 1 aliphatic rings. The summed E-state index contributed by atoms with van der Waals surface area (Å²) in [6.45, 7) is 0. The first-order chi connectivity index (χ1) is 34.7. The molecule has 0 saturated heterocycles. The second kappa shape index (κ2) is 16.7. The number of hydrogen-bond acceptors (Lipinski definition) is 4. The Morgan fingerprint density at radius 1 is 0.343 bits per heavy atom. The van der Waals surface area contributed by atoms with Gasteiger partial charge in [0, 0.05) is 64.6 Å². The monoisotopic (exact) mass is 928 g/mol. The van der Waals surface area contributed by atoms with Crippen molar-refractivity contribution in [3.63, 3.8) is 0 Å². The van der Waals surface area contributed by atoms with E-state index in [0.717, 1.165) is 41.3 Å². The SMILES string of the molecule is C1=Cc2c(N(c3ccccc3)c3ccccc3)ccc(-c3ccc4c(c3)sc3c5sc6cc(-c7ccc(N(c8ccccc8)c8ccccc8)c8ccccc78)ccc6c5c5ccccc5c43)c2CC1. The molecule has 0 N–H and O–H groups in total. The van der Waals surface area contributed by atoms with Crippen LogP contribution >= 0.6 is 22.7 Å². The number of para-hydroxylation sites is 4. The van der Waals surface area contributed by atoms with Crippen LogP contribution in [-0.2, 0) is 6.42 Å². The number of anilines is 6. The normalized spacial score (nSPS) is 12.4. The van der Waals surface area contributed by atoms with E-state index in [1.807, 2.05) is 22.7 Å². The van der Waals surface area contributed by atoms with E-state index in [1.165, 1.54) is 101 Å². The van der Waals surface area contributed by atoms with Gasteiger partial charge in [-0.05, 0) is 130 Å². The van der Waals surface area contributed by atoms with Crippen LogP contribution in [-0.4, -0.2) is 0 Å². The lowest BCUT2D eigenvalue weighted by atomic mass is 9.87. The molecule has 0 saturated carbocycles. The Morgan fingerprint density at radius 3 is 1.30 bits per heavy atom. The number of rotatable bonds is 8. The van der Waals surface area contributed by atoms with Crippen molar-refractivity contribution in [3.05, 3.63) is 248 Å². The van der Waals surface area contributed by atoms with Crippen molar-refractivity contribution in [2.45, 2.75) is 12.8 Å². The van der Waals surface area contributed by atoms with Crippen LogP contribution in [0.4, 0.5) is 34.1 Å². The molecule has 330 valence electrons. The van der Waals surface area contributed by atoms with Crippen LogP contribution in [0.2, 0.25) is 0 Å². The highest BCUT2D eigenvalue weighted by Crippen LogP contribution is 2.51. The van der Waals surface area contributed by atoms with E-state index in [4.69, 9.17) is 0 Å². The number of thiophene rings is 2. The van der Waals surface area contributed by atoms with Crippen LogP contribution in [0.3, 0.4) is 0 Å². The van der Waals surface area contributed by atoms with Crippen molar-refractivity contribution in [1.29, 1.82) is 0 Å². The topological polar surface area (TPSA) is 6.48 Å². The van der Waals surface area contributed by atoms with Crippen LogP contribution in [0.15, 0.2) is 237 Å². The van der Waals surface area contributed by atoms with E-state index in [2.05, 4.69) is 252 Å². The van der Waals surface area contributed by atoms with E-state index in [1.54, 1.807) is 0 Å². The third-order valence-electron chi connectivity index (χ3n) is 14.3. The molecule has 0 atom stereocenters. The quantitative estimate of drug-likeness (QED) is 0.150. The van der Waals surface area contributed by atoms with Crippen molar-refractivity contribution in [2.24, 2.45) is 0 Å². The fourth-order valence-electron chi connectivity index (χ4n) is 11.2. The molecule has 0 amide bonds. The van der Waals surface area contributed by atoms with Gasteiger partial charge in [-0.3, -0.25) is 0 Å². The Labute approximate surface area is 414 Å². The van der Waals surface area contributed by atoms with Crippen molar-refractivity contribution < 1.29 is 0 Å². The summed E-state index contributed by atoms with van der Waals surface area (Å²) in [5, 5.41) is 10.5. The molecule has 2 nitrogen and oxygen atoms in total. The van der Waals surface area contributed by atoms with Gasteiger partial charge >= 0.3 is 0 Å². The van der Waals surface area contributed by atoms with Crippen LogP contribution < -0.4 is 9.80 Å². The van der Waals surface area contributed by atoms with Gasteiger partial charge in [-0.2, -0.15) is 0 Å². The van der Waals surface area contributed by atoms with E-state index in [-0.39, 0.29) is 0 Å². The number of nitrogens with zero attached hydrogens (tertiary/aromatic N) is 2. The Bertz CT molecular complexity index is 4090. The average Bonchev–Trinajstić information content (AvgIpc) is 4.02. The molecule has 2 heterocycles. The third kappa shape index (κ3) is 6.59. The molecule has 0 unspecified atom stereocenters. The molecule has 0 aliphatic heterocycles. The first kappa shape index (κ1) is 40.8. The maximum atomic E-state index is 2.47. The fourth-order valence-corrected chi connectivity index (χ4v) is 13.9. The molecule has 1 aliphatic carbocycles. The second-order valence-corrected chi connectivity index (χ2v) is 20.3.